The van der Waals surface area contributed by atoms with Gasteiger partial charge in [-0.3, -0.25) is 0 Å². The quantitative estimate of drug-likeness (QED) is 0.615. The van der Waals surface area contributed by atoms with Crippen molar-refractivity contribution in [2.45, 2.75) is 33.6 Å². The van der Waals surface area contributed by atoms with E-state index in [2.05, 4.69) is 41.1 Å². The average molecular weight is 235 g/mol. The van der Waals surface area contributed by atoms with Crippen molar-refractivity contribution in [2.75, 3.05) is 23.4 Å². The summed E-state index contributed by atoms with van der Waals surface area (Å²) in [4.78, 5) is 10.9. The third-order valence-corrected chi connectivity index (χ3v) is 3.39. The van der Waals surface area contributed by atoms with Crippen LogP contribution in [0.15, 0.2) is 6.33 Å². The number of hydrazine groups is 1. The van der Waals surface area contributed by atoms with Gasteiger partial charge in [0.1, 0.15) is 18.0 Å². The van der Waals surface area contributed by atoms with Gasteiger partial charge in [0.2, 0.25) is 0 Å². The number of aromatic nitrogens is 2. The van der Waals surface area contributed by atoms with Crippen LogP contribution >= 0.6 is 0 Å². The van der Waals surface area contributed by atoms with Crippen LogP contribution in [-0.2, 0) is 6.42 Å². The van der Waals surface area contributed by atoms with Crippen LogP contribution in [0.4, 0.5) is 11.6 Å². The maximum Gasteiger partial charge on any atom is 0.148 e. The van der Waals surface area contributed by atoms with Crippen molar-refractivity contribution < 1.29 is 0 Å². The molecule has 0 aromatic carbocycles. The number of nitrogens with one attached hydrogen (secondary N) is 1. The van der Waals surface area contributed by atoms with E-state index in [4.69, 9.17) is 5.84 Å². The Morgan fingerprint density at radius 1 is 1.47 bits per heavy atom. The zero-order chi connectivity index (χ0) is 12.5. The Labute approximate surface area is 102 Å². The maximum atomic E-state index is 5.49. The van der Waals surface area contributed by atoms with Gasteiger partial charge in [-0.15, -0.1) is 0 Å². The fraction of sp³-hybridized carbons (Fsp3) is 0.667. The highest BCUT2D eigenvalue weighted by atomic mass is 15.3. The molecule has 0 amide bonds. The molecule has 1 aliphatic rings. The summed E-state index contributed by atoms with van der Waals surface area (Å²) in [5, 5.41) is 0. The Morgan fingerprint density at radius 2 is 2.24 bits per heavy atom. The van der Waals surface area contributed by atoms with Gasteiger partial charge in [0, 0.05) is 18.7 Å². The summed E-state index contributed by atoms with van der Waals surface area (Å²) in [5.74, 6) is 7.26. The predicted octanol–water partition coefficient (Wildman–Crippen LogP) is 1.56. The Morgan fingerprint density at radius 3 is 2.76 bits per heavy atom. The van der Waals surface area contributed by atoms with E-state index in [-0.39, 0.29) is 0 Å². The lowest BCUT2D eigenvalue weighted by Gasteiger charge is -2.23. The van der Waals surface area contributed by atoms with Crippen LogP contribution in [0.25, 0.3) is 0 Å². The minimum absolute atomic E-state index is 0.367. The number of nitrogen functional groups attached to an aromatic ring is 1. The predicted molar refractivity (Wildman–Crippen MR) is 69.8 cm³/mol. The van der Waals surface area contributed by atoms with Crippen molar-refractivity contribution in [1.82, 2.24) is 9.97 Å². The van der Waals surface area contributed by atoms with Crippen LogP contribution < -0.4 is 16.2 Å². The number of hydrogen-bond acceptors (Lipinski definition) is 5. The SMILES string of the molecule is CCc1c(NN)ncnc1N1CCC(C)(C)C1. The van der Waals surface area contributed by atoms with Gasteiger partial charge in [-0.1, -0.05) is 20.8 Å². The highest BCUT2D eigenvalue weighted by molar-refractivity contribution is 5.58. The second-order valence-corrected chi connectivity index (χ2v) is 5.36. The van der Waals surface area contributed by atoms with E-state index in [0.717, 1.165) is 36.7 Å². The number of anilines is 2. The van der Waals surface area contributed by atoms with Gasteiger partial charge in [0.05, 0.1) is 0 Å². The molecule has 0 bridgehead atoms. The second-order valence-electron chi connectivity index (χ2n) is 5.36. The van der Waals surface area contributed by atoms with E-state index in [9.17, 15) is 0 Å². The van der Waals surface area contributed by atoms with Gasteiger partial charge in [0.15, 0.2) is 0 Å². The van der Waals surface area contributed by atoms with E-state index >= 15 is 0 Å². The van der Waals surface area contributed by atoms with Crippen molar-refractivity contribution in [2.24, 2.45) is 11.3 Å². The Bertz CT molecular complexity index is 402. The van der Waals surface area contributed by atoms with Gasteiger partial charge in [0.25, 0.3) is 0 Å². The van der Waals surface area contributed by atoms with Crippen molar-refractivity contribution in [3.8, 4) is 0 Å². The van der Waals surface area contributed by atoms with Crippen LogP contribution in [0.2, 0.25) is 0 Å². The molecule has 5 nitrogen and oxygen atoms in total. The first kappa shape index (κ1) is 12.1. The molecule has 0 saturated carbocycles. The summed E-state index contributed by atoms with van der Waals surface area (Å²) in [7, 11) is 0. The molecule has 1 fully saturated rings. The third kappa shape index (κ3) is 2.34. The molecule has 2 rings (SSSR count). The normalized spacial score (nSPS) is 18.5. The van der Waals surface area contributed by atoms with Gasteiger partial charge >= 0.3 is 0 Å². The van der Waals surface area contributed by atoms with Crippen LogP contribution in [-0.4, -0.2) is 23.1 Å². The summed E-state index contributed by atoms with van der Waals surface area (Å²) in [6.07, 6.45) is 3.66. The molecule has 0 atom stereocenters. The largest absolute Gasteiger partial charge is 0.356 e. The van der Waals surface area contributed by atoms with E-state index < -0.39 is 0 Å². The standard InChI is InChI=1S/C12H21N5/c1-4-9-10(16-13)14-8-15-11(9)17-6-5-12(2,3)7-17/h8H,4-7,13H2,1-3H3,(H,14,15,16). The summed E-state index contributed by atoms with van der Waals surface area (Å²) in [5.41, 5.74) is 4.12. The second kappa shape index (κ2) is 4.49. The highest BCUT2D eigenvalue weighted by Crippen LogP contribution is 2.34. The van der Waals surface area contributed by atoms with E-state index in [0.29, 0.717) is 5.41 Å². The molecular formula is C12H21N5. The van der Waals surface area contributed by atoms with Crippen molar-refractivity contribution in [3.05, 3.63) is 11.9 Å². The molecule has 1 aliphatic heterocycles. The summed E-state index contributed by atoms with van der Waals surface area (Å²) in [6, 6.07) is 0. The lowest BCUT2D eigenvalue weighted by Crippen LogP contribution is -2.25. The lowest BCUT2D eigenvalue weighted by molar-refractivity contribution is 0.418. The van der Waals surface area contributed by atoms with Crippen LogP contribution in [0.1, 0.15) is 32.8 Å². The number of hydrogen-bond donors (Lipinski definition) is 2. The fourth-order valence-electron chi connectivity index (χ4n) is 2.42. The molecule has 0 radical (unpaired) electrons. The molecule has 3 N–H and O–H groups in total. The number of rotatable bonds is 3. The molecular weight excluding hydrogens is 214 g/mol. The minimum Gasteiger partial charge on any atom is -0.356 e. The van der Waals surface area contributed by atoms with Crippen LogP contribution in [0.5, 0.6) is 0 Å². The third-order valence-electron chi connectivity index (χ3n) is 3.39. The lowest BCUT2D eigenvalue weighted by atomic mass is 9.93. The number of nitrogens with zero attached hydrogens (tertiary/aromatic N) is 3. The van der Waals surface area contributed by atoms with Gasteiger partial charge in [-0.05, 0) is 18.3 Å². The molecule has 94 valence electrons. The van der Waals surface area contributed by atoms with Crippen molar-refractivity contribution >= 4 is 11.6 Å². The zero-order valence-corrected chi connectivity index (χ0v) is 10.8. The van der Waals surface area contributed by atoms with Crippen LogP contribution in [0.3, 0.4) is 0 Å². The van der Waals surface area contributed by atoms with E-state index in [1.165, 1.54) is 6.42 Å². The first-order chi connectivity index (χ1) is 8.07. The molecule has 2 heterocycles. The molecule has 0 unspecified atom stereocenters. The Hall–Kier alpha value is -1.36. The van der Waals surface area contributed by atoms with E-state index in [1.807, 2.05) is 0 Å². The van der Waals surface area contributed by atoms with Crippen molar-refractivity contribution in [3.63, 3.8) is 0 Å². The summed E-state index contributed by atoms with van der Waals surface area (Å²) < 4.78 is 0. The van der Waals surface area contributed by atoms with Crippen molar-refractivity contribution in [1.29, 1.82) is 0 Å². The molecule has 17 heavy (non-hydrogen) atoms. The van der Waals surface area contributed by atoms with Gasteiger partial charge < -0.3 is 10.3 Å². The topological polar surface area (TPSA) is 67.1 Å². The zero-order valence-electron chi connectivity index (χ0n) is 10.8. The average Bonchev–Trinajstić information content (AvgIpc) is 2.68. The maximum absolute atomic E-state index is 5.49. The Kier molecular flexibility index (Phi) is 3.19. The monoisotopic (exact) mass is 235 g/mol. The number of nitrogens with two attached hydrogens (primary N) is 1. The fourth-order valence-corrected chi connectivity index (χ4v) is 2.42. The Balaban J connectivity index is 2.33. The smallest absolute Gasteiger partial charge is 0.148 e. The molecule has 1 saturated heterocycles. The van der Waals surface area contributed by atoms with E-state index in [1.54, 1.807) is 6.33 Å². The first-order valence-corrected chi connectivity index (χ1v) is 6.13. The summed E-state index contributed by atoms with van der Waals surface area (Å²) >= 11 is 0. The molecule has 0 aliphatic carbocycles. The molecule has 1 aromatic rings. The molecule has 1 aromatic heterocycles. The molecule has 5 heteroatoms. The highest BCUT2D eigenvalue weighted by Gasteiger charge is 2.31. The minimum atomic E-state index is 0.367. The van der Waals surface area contributed by atoms with Gasteiger partial charge in [-0.2, -0.15) is 0 Å². The summed E-state index contributed by atoms with van der Waals surface area (Å²) in [6.45, 7) is 8.79. The van der Waals surface area contributed by atoms with Crippen LogP contribution in [0, 0.1) is 5.41 Å². The molecule has 0 spiro atoms. The van der Waals surface area contributed by atoms with Gasteiger partial charge in [-0.25, -0.2) is 15.8 Å². The first-order valence-electron chi connectivity index (χ1n) is 6.13.